The van der Waals surface area contributed by atoms with Gasteiger partial charge in [0.25, 0.3) is 0 Å². The number of likely N-dealkylation sites (tertiary alicyclic amines) is 1. The Bertz CT molecular complexity index is 533. The Hall–Kier alpha value is -0.680. The predicted octanol–water partition coefficient (Wildman–Crippen LogP) is 4.37. The van der Waals surface area contributed by atoms with E-state index in [4.69, 9.17) is 0 Å². The summed E-state index contributed by atoms with van der Waals surface area (Å²) in [6, 6.07) is 3.69. The third-order valence-electron chi connectivity index (χ3n) is 4.21. The maximum Gasteiger partial charge on any atom is 0.222 e. The minimum absolute atomic E-state index is 0.0354. The maximum atomic E-state index is 12.3. The van der Waals surface area contributed by atoms with Crippen molar-refractivity contribution in [3.8, 4) is 0 Å². The second-order valence-corrected chi connectivity index (χ2v) is 9.20. The van der Waals surface area contributed by atoms with Gasteiger partial charge in [0, 0.05) is 13.0 Å². The quantitative estimate of drug-likeness (QED) is 0.739. The Morgan fingerprint density at radius 2 is 2.10 bits per heavy atom. The highest BCUT2D eigenvalue weighted by Crippen LogP contribution is 2.34. The molecule has 1 aliphatic rings. The van der Waals surface area contributed by atoms with E-state index in [0.717, 1.165) is 16.6 Å². The monoisotopic (exact) mass is 371 g/mol. The number of hydrogen-bond acceptors (Lipinski definition) is 3. The van der Waals surface area contributed by atoms with E-state index >= 15 is 0 Å². The van der Waals surface area contributed by atoms with Gasteiger partial charge in [-0.15, -0.1) is 11.3 Å². The molecule has 0 aliphatic carbocycles. The van der Waals surface area contributed by atoms with Crippen molar-refractivity contribution in [1.82, 2.24) is 4.90 Å². The molecule has 1 aromatic rings. The molecule has 0 bridgehead atoms. The van der Waals surface area contributed by atoms with Crippen molar-refractivity contribution in [2.45, 2.75) is 40.0 Å². The molecule has 0 spiro atoms. The molecule has 1 amide bonds. The average Bonchev–Trinajstić information content (AvgIpc) is 2.73. The molecule has 1 unspecified atom stereocenters. The van der Waals surface area contributed by atoms with Crippen molar-refractivity contribution in [2.75, 3.05) is 13.1 Å². The van der Waals surface area contributed by atoms with Crippen LogP contribution in [0.2, 0.25) is 0 Å². The molecule has 2 heterocycles. The minimum atomic E-state index is 0.0354. The van der Waals surface area contributed by atoms with Crippen LogP contribution < -0.4 is 0 Å². The molecule has 0 N–H and O–H groups in total. The van der Waals surface area contributed by atoms with Gasteiger partial charge < -0.3 is 4.90 Å². The third kappa shape index (κ3) is 4.39. The average molecular weight is 372 g/mol. The van der Waals surface area contributed by atoms with Gasteiger partial charge in [-0.3, -0.25) is 9.59 Å². The van der Waals surface area contributed by atoms with Gasteiger partial charge in [-0.25, -0.2) is 0 Å². The zero-order valence-electron chi connectivity index (χ0n) is 12.8. The Morgan fingerprint density at radius 1 is 1.38 bits per heavy atom. The number of thiophene rings is 1. The highest BCUT2D eigenvalue weighted by molar-refractivity contribution is 9.11. The lowest BCUT2D eigenvalue weighted by Gasteiger charge is -2.29. The molecule has 2 rings (SSSR count). The first-order valence-electron chi connectivity index (χ1n) is 7.33. The molecule has 116 valence electrons. The molecule has 1 atom stereocenters. The number of ketones is 1. The fourth-order valence-corrected chi connectivity index (χ4v) is 4.10. The highest BCUT2D eigenvalue weighted by Gasteiger charge is 2.30. The molecular weight excluding hydrogens is 350 g/mol. The van der Waals surface area contributed by atoms with E-state index in [-0.39, 0.29) is 23.7 Å². The van der Waals surface area contributed by atoms with Crippen molar-refractivity contribution in [3.05, 3.63) is 20.8 Å². The van der Waals surface area contributed by atoms with E-state index in [1.54, 1.807) is 4.90 Å². The van der Waals surface area contributed by atoms with E-state index in [1.807, 2.05) is 12.1 Å². The molecule has 21 heavy (non-hydrogen) atoms. The van der Waals surface area contributed by atoms with Gasteiger partial charge in [0.2, 0.25) is 5.91 Å². The van der Waals surface area contributed by atoms with Crippen LogP contribution in [0.1, 0.15) is 49.7 Å². The first-order chi connectivity index (χ1) is 9.77. The molecule has 0 saturated carbocycles. The van der Waals surface area contributed by atoms with Crippen molar-refractivity contribution < 1.29 is 9.59 Å². The van der Waals surface area contributed by atoms with Crippen LogP contribution in [0.15, 0.2) is 15.9 Å². The van der Waals surface area contributed by atoms with Crippen molar-refractivity contribution in [1.29, 1.82) is 0 Å². The Kier molecular flexibility index (Phi) is 5.25. The third-order valence-corrected chi connectivity index (χ3v) is 5.88. The predicted molar refractivity (Wildman–Crippen MR) is 89.7 cm³/mol. The number of nitrogens with zero attached hydrogens (tertiary/aromatic N) is 1. The highest BCUT2D eigenvalue weighted by atomic mass is 79.9. The van der Waals surface area contributed by atoms with E-state index in [0.29, 0.717) is 23.8 Å². The number of halogens is 1. The molecule has 0 aromatic carbocycles. The van der Waals surface area contributed by atoms with Crippen LogP contribution in [0, 0.1) is 11.3 Å². The number of rotatable bonds is 3. The van der Waals surface area contributed by atoms with Gasteiger partial charge in [0.1, 0.15) is 0 Å². The summed E-state index contributed by atoms with van der Waals surface area (Å²) in [5, 5.41) is 0. The summed E-state index contributed by atoms with van der Waals surface area (Å²) in [5.41, 5.74) is 0.221. The van der Waals surface area contributed by atoms with E-state index in [9.17, 15) is 9.59 Å². The van der Waals surface area contributed by atoms with Crippen LogP contribution in [-0.2, 0) is 4.79 Å². The molecule has 5 heteroatoms. The molecule has 1 aliphatic heterocycles. The summed E-state index contributed by atoms with van der Waals surface area (Å²) in [6.07, 6.45) is 2.47. The smallest absolute Gasteiger partial charge is 0.222 e. The van der Waals surface area contributed by atoms with Gasteiger partial charge >= 0.3 is 0 Å². The van der Waals surface area contributed by atoms with Gasteiger partial charge in [-0.1, -0.05) is 20.8 Å². The number of hydrogen-bond donors (Lipinski definition) is 0. The summed E-state index contributed by atoms with van der Waals surface area (Å²) in [4.78, 5) is 26.9. The van der Waals surface area contributed by atoms with Crippen molar-refractivity contribution >= 4 is 39.0 Å². The van der Waals surface area contributed by atoms with Gasteiger partial charge in [-0.2, -0.15) is 0 Å². The molecule has 3 nitrogen and oxygen atoms in total. The summed E-state index contributed by atoms with van der Waals surface area (Å²) in [5.74, 6) is 0.691. The van der Waals surface area contributed by atoms with Crippen LogP contribution in [0.5, 0.6) is 0 Å². The first-order valence-corrected chi connectivity index (χ1v) is 8.94. The summed E-state index contributed by atoms with van der Waals surface area (Å²) >= 11 is 4.79. The Labute approximate surface area is 138 Å². The van der Waals surface area contributed by atoms with Crippen molar-refractivity contribution in [3.63, 3.8) is 0 Å². The zero-order chi connectivity index (χ0) is 15.6. The standard InChI is InChI=1S/C16H22BrNO2S/c1-16(2,3)11-4-7-15(20)18(9-8-11)10-12(19)13-5-6-14(17)21-13/h5-6,11H,4,7-10H2,1-3H3. The van der Waals surface area contributed by atoms with E-state index in [1.165, 1.54) is 11.3 Å². The number of carbonyl (C=O) groups excluding carboxylic acids is 2. The lowest BCUT2D eigenvalue weighted by Crippen LogP contribution is -2.35. The number of amides is 1. The molecule has 1 saturated heterocycles. The molecule has 1 aromatic heterocycles. The lowest BCUT2D eigenvalue weighted by atomic mass is 9.77. The molecule has 0 radical (unpaired) electrons. The lowest BCUT2D eigenvalue weighted by molar-refractivity contribution is -0.130. The van der Waals surface area contributed by atoms with Crippen molar-refractivity contribution in [2.24, 2.45) is 11.3 Å². The first kappa shape index (κ1) is 16.7. The minimum Gasteiger partial charge on any atom is -0.335 e. The Morgan fingerprint density at radius 3 is 2.67 bits per heavy atom. The van der Waals surface area contributed by atoms with Crippen LogP contribution in [0.4, 0.5) is 0 Å². The zero-order valence-corrected chi connectivity index (χ0v) is 15.2. The van der Waals surface area contributed by atoms with Crippen LogP contribution in [0.3, 0.4) is 0 Å². The van der Waals surface area contributed by atoms with E-state index < -0.39 is 0 Å². The van der Waals surface area contributed by atoms with Crippen LogP contribution in [0.25, 0.3) is 0 Å². The van der Waals surface area contributed by atoms with Gasteiger partial charge in [-0.05, 0) is 52.2 Å². The number of Topliss-reactive ketones (excluding diaryl/α,β-unsaturated/α-hetero) is 1. The number of carbonyl (C=O) groups is 2. The Balaban J connectivity index is 2.00. The second kappa shape index (κ2) is 6.61. The van der Waals surface area contributed by atoms with Gasteiger partial charge in [0.05, 0.1) is 15.2 Å². The summed E-state index contributed by atoms with van der Waals surface area (Å²) in [6.45, 7) is 7.59. The van der Waals surface area contributed by atoms with E-state index in [2.05, 4.69) is 36.7 Å². The van der Waals surface area contributed by atoms with Gasteiger partial charge in [0.15, 0.2) is 5.78 Å². The summed E-state index contributed by atoms with van der Waals surface area (Å²) < 4.78 is 0.945. The SMILES string of the molecule is CC(C)(C)C1CCC(=O)N(CC(=O)c2ccc(Br)s2)CC1. The fourth-order valence-electron chi connectivity index (χ4n) is 2.79. The molecular formula is C16H22BrNO2S. The normalized spacial score (nSPS) is 20.5. The molecule has 1 fully saturated rings. The summed E-state index contributed by atoms with van der Waals surface area (Å²) in [7, 11) is 0. The second-order valence-electron chi connectivity index (χ2n) is 6.73. The van der Waals surface area contributed by atoms with Crippen LogP contribution >= 0.6 is 27.3 Å². The van der Waals surface area contributed by atoms with Crippen LogP contribution in [-0.4, -0.2) is 29.7 Å². The fraction of sp³-hybridized carbons (Fsp3) is 0.625. The maximum absolute atomic E-state index is 12.3. The topological polar surface area (TPSA) is 37.4 Å². The largest absolute Gasteiger partial charge is 0.335 e.